The average molecular weight is 285 g/mol. The Balaban J connectivity index is 2.21. The quantitative estimate of drug-likeness (QED) is 0.768. The Morgan fingerprint density at radius 1 is 1.17 bits per heavy atom. The molecule has 1 aliphatic rings. The van der Waals surface area contributed by atoms with E-state index in [4.69, 9.17) is 23.2 Å². The molecule has 5 heteroatoms. The summed E-state index contributed by atoms with van der Waals surface area (Å²) in [6.45, 7) is 0. The van der Waals surface area contributed by atoms with E-state index in [0.717, 1.165) is 36.9 Å². The van der Waals surface area contributed by atoms with Crippen LogP contribution in [0.25, 0.3) is 5.69 Å². The first-order valence-corrected chi connectivity index (χ1v) is 6.64. The highest BCUT2D eigenvalue weighted by Crippen LogP contribution is 2.32. The Kier molecular flexibility index (Phi) is 3.04. The molecule has 0 bridgehead atoms. The summed E-state index contributed by atoms with van der Waals surface area (Å²) in [6.07, 6.45) is 4.00. The number of para-hydroxylation sites is 1. The van der Waals surface area contributed by atoms with Gasteiger partial charge >= 0.3 is 0 Å². The minimum Gasteiger partial charge on any atom is -0.217 e. The van der Waals surface area contributed by atoms with Crippen molar-refractivity contribution in [2.75, 3.05) is 0 Å². The van der Waals surface area contributed by atoms with Gasteiger partial charge in [-0.1, -0.05) is 29.3 Å². The number of nitrogens with zero attached hydrogens (tertiary/aromatic N) is 2. The first kappa shape index (κ1) is 12.0. The van der Waals surface area contributed by atoms with Crippen molar-refractivity contribution in [1.29, 1.82) is 0 Å². The van der Waals surface area contributed by atoms with Gasteiger partial charge in [0, 0.05) is 5.56 Å². The molecule has 0 atom stereocenters. The summed E-state index contributed by atoms with van der Waals surface area (Å²) in [5.41, 5.74) is 2.23. The van der Waals surface area contributed by atoms with Crippen molar-refractivity contribution in [2.24, 2.45) is 0 Å². The molecule has 0 N–H and O–H groups in total. The fraction of sp³-hybridized carbons (Fsp3) is 0.308. The van der Waals surface area contributed by atoms with Gasteiger partial charge in [0.15, 0.2) is 0 Å². The summed E-state index contributed by atoms with van der Waals surface area (Å²) in [5.74, 6) is -0.413. The van der Waals surface area contributed by atoms with E-state index in [1.54, 1.807) is 12.1 Å². The molecule has 3 rings (SSSR count). The maximum Gasteiger partial charge on any atom is 0.150 e. The number of aryl methyl sites for hydroxylation is 1. The number of hydrogen-bond acceptors (Lipinski definition) is 1. The molecule has 1 heterocycles. The van der Waals surface area contributed by atoms with E-state index in [9.17, 15) is 4.39 Å². The molecule has 94 valence electrons. The monoisotopic (exact) mass is 284 g/mol. The molecule has 1 aromatic carbocycles. The van der Waals surface area contributed by atoms with E-state index < -0.39 is 5.82 Å². The van der Waals surface area contributed by atoms with Gasteiger partial charge in [-0.2, -0.15) is 5.10 Å². The summed E-state index contributed by atoms with van der Waals surface area (Å²) in [7, 11) is 0. The van der Waals surface area contributed by atoms with Gasteiger partial charge in [-0.25, -0.2) is 9.07 Å². The Hall–Kier alpha value is -1.06. The van der Waals surface area contributed by atoms with Crippen molar-refractivity contribution in [2.45, 2.75) is 25.7 Å². The van der Waals surface area contributed by atoms with E-state index in [2.05, 4.69) is 5.10 Å². The van der Waals surface area contributed by atoms with Gasteiger partial charge in [0.25, 0.3) is 0 Å². The van der Waals surface area contributed by atoms with E-state index in [1.807, 2.05) is 0 Å². The molecular formula is C13H11Cl2FN2. The first-order valence-electron chi connectivity index (χ1n) is 5.89. The largest absolute Gasteiger partial charge is 0.217 e. The Morgan fingerprint density at radius 3 is 2.67 bits per heavy atom. The van der Waals surface area contributed by atoms with Crippen molar-refractivity contribution in [3.63, 3.8) is 0 Å². The van der Waals surface area contributed by atoms with Crippen LogP contribution in [0.15, 0.2) is 18.2 Å². The molecule has 0 spiro atoms. The molecular weight excluding hydrogens is 274 g/mol. The number of rotatable bonds is 1. The summed E-state index contributed by atoms with van der Waals surface area (Å²) in [6, 6.07) is 4.56. The highest BCUT2D eigenvalue weighted by Gasteiger charge is 2.22. The van der Waals surface area contributed by atoms with Crippen LogP contribution >= 0.6 is 23.2 Å². The lowest BCUT2D eigenvalue weighted by atomic mass is 9.99. The maximum atomic E-state index is 13.9. The van der Waals surface area contributed by atoms with Crippen molar-refractivity contribution in [3.05, 3.63) is 45.4 Å². The summed E-state index contributed by atoms with van der Waals surface area (Å²) >= 11 is 12.3. The van der Waals surface area contributed by atoms with Gasteiger partial charge in [0.05, 0.1) is 10.7 Å². The first-order chi connectivity index (χ1) is 8.68. The standard InChI is InChI=1S/C13H11Cl2FN2/c14-9-5-3-6-10(16)12(9)18-13(15)8-4-1-2-7-11(8)17-18/h3,5-6H,1-2,4,7H2. The van der Waals surface area contributed by atoms with Crippen LogP contribution in [0.3, 0.4) is 0 Å². The zero-order chi connectivity index (χ0) is 12.7. The van der Waals surface area contributed by atoms with E-state index >= 15 is 0 Å². The molecule has 18 heavy (non-hydrogen) atoms. The zero-order valence-corrected chi connectivity index (χ0v) is 11.1. The fourth-order valence-electron chi connectivity index (χ4n) is 2.35. The SMILES string of the molecule is Fc1cccc(Cl)c1-n1nc2c(c1Cl)CCCC2. The Morgan fingerprint density at radius 2 is 1.94 bits per heavy atom. The molecule has 0 radical (unpaired) electrons. The van der Waals surface area contributed by atoms with Crippen LogP contribution in [0, 0.1) is 5.82 Å². The lowest BCUT2D eigenvalue weighted by molar-refractivity contribution is 0.609. The van der Waals surface area contributed by atoms with Crippen LogP contribution in [0.4, 0.5) is 4.39 Å². The molecule has 0 unspecified atom stereocenters. The maximum absolute atomic E-state index is 13.9. The highest BCUT2D eigenvalue weighted by atomic mass is 35.5. The number of hydrogen-bond donors (Lipinski definition) is 0. The van der Waals surface area contributed by atoms with Crippen LogP contribution in [-0.4, -0.2) is 9.78 Å². The van der Waals surface area contributed by atoms with Crippen LogP contribution in [0.5, 0.6) is 0 Å². The third kappa shape index (κ3) is 1.82. The Labute approximate surface area is 114 Å². The van der Waals surface area contributed by atoms with Gasteiger partial charge in [-0.15, -0.1) is 0 Å². The van der Waals surface area contributed by atoms with Crippen LogP contribution < -0.4 is 0 Å². The number of fused-ring (bicyclic) bond motifs is 1. The molecule has 0 amide bonds. The predicted octanol–water partition coefficient (Wildman–Crippen LogP) is 4.20. The third-order valence-corrected chi connectivity index (χ3v) is 3.94. The predicted molar refractivity (Wildman–Crippen MR) is 70.2 cm³/mol. The minimum absolute atomic E-state index is 0.235. The van der Waals surface area contributed by atoms with Crippen LogP contribution in [0.2, 0.25) is 10.2 Å². The van der Waals surface area contributed by atoms with Crippen molar-refractivity contribution in [3.8, 4) is 5.69 Å². The lowest BCUT2D eigenvalue weighted by Gasteiger charge is -2.08. The van der Waals surface area contributed by atoms with E-state index in [0.29, 0.717) is 10.2 Å². The number of aromatic nitrogens is 2. The Bertz CT molecular complexity index is 587. The second-order valence-electron chi connectivity index (χ2n) is 4.41. The van der Waals surface area contributed by atoms with Gasteiger partial charge in [-0.3, -0.25) is 0 Å². The molecule has 0 aliphatic heterocycles. The van der Waals surface area contributed by atoms with Crippen molar-refractivity contribution < 1.29 is 4.39 Å². The van der Waals surface area contributed by atoms with Crippen molar-refractivity contribution >= 4 is 23.2 Å². The highest BCUT2D eigenvalue weighted by molar-refractivity contribution is 6.33. The van der Waals surface area contributed by atoms with Crippen LogP contribution in [-0.2, 0) is 12.8 Å². The second kappa shape index (κ2) is 4.56. The molecule has 1 aromatic heterocycles. The summed E-state index contributed by atoms with van der Waals surface area (Å²) in [5, 5.41) is 5.20. The summed E-state index contributed by atoms with van der Waals surface area (Å²) in [4.78, 5) is 0. The van der Waals surface area contributed by atoms with Gasteiger partial charge in [0.1, 0.15) is 16.7 Å². The van der Waals surface area contributed by atoms with Gasteiger partial charge < -0.3 is 0 Å². The summed E-state index contributed by atoms with van der Waals surface area (Å²) < 4.78 is 15.3. The zero-order valence-electron chi connectivity index (χ0n) is 9.59. The normalized spacial score (nSPS) is 14.6. The molecule has 0 saturated carbocycles. The topological polar surface area (TPSA) is 17.8 Å². The van der Waals surface area contributed by atoms with Crippen molar-refractivity contribution in [1.82, 2.24) is 9.78 Å². The minimum atomic E-state index is -0.413. The average Bonchev–Trinajstić information content (AvgIpc) is 2.68. The molecule has 2 aromatic rings. The molecule has 1 aliphatic carbocycles. The molecule has 0 saturated heterocycles. The van der Waals surface area contributed by atoms with E-state index in [1.165, 1.54) is 10.7 Å². The van der Waals surface area contributed by atoms with Crippen LogP contribution in [0.1, 0.15) is 24.1 Å². The third-order valence-electron chi connectivity index (χ3n) is 3.24. The second-order valence-corrected chi connectivity index (χ2v) is 5.17. The number of benzene rings is 1. The smallest absolute Gasteiger partial charge is 0.150 e. The molecule has 0 fully saturated rings. The number of halogens is 3. The molecule has 2 nitrogen and oxygen atoms in total. The van der Waals surface area contributed by atoms with E-state index in [-0.39, 0.29) is 5.69 Å². The fourth-order valence-corrected chi connectivity index (χ4v) is 2.92. The van der Waals surface area contributed by atoms with Gasteiger partial charge in [0.2, 0.25) is 0 Å². The lowest BCUT2D eigenvalue weighted by Crippen LogP contribution is -2.02. The van der Waals surface area contributed by atoms with Gasteiger partial charge in [-0.05, 0) is 37.8 Å².